The topological polar surface area (TPSA) is 161 Å². The molecule has 0 unspecified atom stereocenters. The second-order valence-corrected chi connectivity index (χ2v) is 18.0. The summed E-state index contributed by atoms with van der Waals surface area (Å²) in [5.74, 6) is 4.17. The van der Waals surface area contributed by atoms with Gasteiger partial charge in [0.15, 0.2) is 0 Å². The third kappa shape index (κ3) is 13.9. The maximum atomic E-state index is 12.0. The molecule has 2 aromatic heterocycles. The second kappa shape index (κ2) is 22.3. The van der Waals surface area contributed by atoms with Gasteiger partial charge in [-0.15, -0.1) is 0 Å². The van der Waals surface area contributed by atoms with Crippen LogP contribution in [-0.2, 0) is 35.2 Å². The van der Waals surface area contributed by atoms with Crippen LogP contribution in [0.25, 0.3) is 22.9 Å². The molecule has 0 aliphatic carbocycles. The van der Waals surface area contributed by atoms with Crippen LogP contribution in [0.3, 0.4) is 0 Å². The van der Waals surface area contributed by atoms with Crippen molar-refractivity contribution >= 4 is 41.7 Å². The fraction of sp³-hybridized carbons (Fsp3) is 0.295. The highest BCUT2D eigenvalue weighted by atomic mass is 32.2. The molecule has 58 heavy (non-hydrogen) atoms. The molecule has 3 atom stereocenters. The summed E-state index contributed by atoms with van der Waals surface area (Å²) in [6, 6.07) is 34.9. The van der Waals surface area contributed by atoms with E-state index in [4.69, 9.17) is 18.3 Å². The molecule has 0 aliphatic heterocycles. The lowest BCUT2D eigenvalue weighted by atomic mass is 10.1. The van der Waals surface area contributed by atoms with Crippen molar-refractivity contribution in [2.24, 2.45) is 4.40 Å². The number of nitrogens with one attached hydrogen (secondary N) is 1. The highest BCUT2D eigenvalue weighted by Gasteiger charge is 2.18. The summed E-state index contributed by atoms with van der Waals surface area (Å²) in [4.78, 5) is 9.09. The van der Waals surface area contributed by atoms with Crippen molar-refractivity contribution in [3.8, 4) is 34.4 Å². The number of benzene rings is 4. The first kappa shape index (κ1) is 47.5. The smallest absolute Gasteiger partial charge is 0.226 e. The van der Waals surface area contributed by atoms with Crippen LogP contribution in [0.4, 0.5) is 0 Å². The van der Waals surface area contributed by atoms with Gasteiger partial charge >= 0.3 is 0 Å². The van der Waals surface area contributed by atoms with Gasteiger partial charge in [-0.1, -0.05) is 48.5 Å². The number of hydrogen-bond acceptors (Lipinski definition) is 8. The largest absolute Gasteiger partial charge is 0.487 e. The molecule has 11 nitrogen and oxygen atoms in total. The Balaban J connectivity index is 0.000000300. The van der Waals surface area contributed by atoms with E-state index in [-0.39, 0.29) is 35.0 Å². The number of hydrogen-bond donors (Lipinski definition) is 1. The number of aryl methyl sites for hydroxylation is 2. The molecule has 4 aromatic carbocycles. The highest BCUT2D eigenvalue weighted by molar-refractivity contribution is 7.85. The molecule has 0 saturated heterocycles. The van der Waals surface area contributed by atoms with E-state index in [9.17, 15) is 8.42 Å². The minimum absolute atomic E-state index is 0. The third-order valence-electron chi connectivity index (χ3n) is 8.38. The fourth-order valence-corrected chi connectivity index (χ4v) is 6.27. The van der Waals surface area contributed by atoms with Gasteiger partial charge < -0.3 is 23.8 Å². The van der Waals surface area contributed by atoms with Crippen LogP contribution in [0.1, 0.15) is 81.6 Å². The summed E-state index contributed by atoms with van der Waals surface area (Å²) in [5, 5.41) is 0.0801. The lowest BCUT2D eigenvalue weighted by Gasteiger charge is -2.16. The van der Waals surface area contributed by atoms with Gasteiger partial charge in [0.05, 0.1) is 15.7 Å². The van der Waals surface area contributed by atoms with Gasteiger partial charge in [0.2, 0.25) is 11.8 Å². The molecule has 0 aliphatic rings. The average molecular weight is 847 g/mol. The van der Waals surface area contributed by atoms with E-state index in [1.54, 1.807) is 6.21 Å². The molecule has 2 heterocycles. The fourth-order valence-electron chi connectivity index (χ4n) is 4.98. The molecule has 0 fully saturated rings. The number of aromatic nitrogens is 2. The first-order valence-electron chi connectivity index (χ1n) is 18.4. The molecular formula is C44H54N4O7S3. The molecule has 0 bridgehead atoms. The van der Waals surface area contributed by atoms with E-state index < -0.39 is 22.0 Å². The SMILES string of the molecule is Cc1oc(-c2ccccc2)nc1COc1ccc(C=N[S@](=O)C(C)(C)C)cc1.Cc1oc(-c2ccccc2)nc1COc1ccc([C@H](C)N[S@](=O)C(C)C)cc1.O.S. The molecular weight excluding hydrogens is 793 g/mol. The second-order valence-electron chi connectivity index (χ2n) is 14.3. The summed E-state index contributed by atoms with van der Waals surface area (Å²) in [6.07, 6.45) is 1.62. The molecule has 6 rings (SSSR count). The molecule has 0 amide bonds. The number of oxazole rings is 2. The Morgan fingerprint density at radius 3 is 1.55 bits per heavy atom. The van der Waals surface area contributed by atoms with E-state index in [0.29, 0.717) is 25.0 Å². The van der Waals surface area contributed by atoms with Gasteiger partial charge in [-0.05, 0) is 127 Å². The lowest BCUT2D eigenvalue weighted by Crippen LogP contribution is -2.26. The quantitative estimate of drug-likeness (QED) is 0.106. The maximum absolute atomic E-state index is 12.0. The minimum atomic E-state index is -1.27. The van der Waals surface area contributed by atoms with Crippen molar-refractivity contribution in [1.82, 2.24) is 14.7 Å². The molecule has 0 spiro atoms. The Kier molecular flexibility index (Phi) is 18.3. The van der Waals surface area contributed by atoms with E-state index in [1.165, 1.54) is 0 Å². The van der Waals surface area contributed by atoms with E-state index in [2.05, 4.69) is 19.1 Å². The first-order valence-corrected chi connectivity index (χ1v) is 20.7. The van der Waals surface area contributed by atoms with Crippen LogP contribution < -0.4 is 14.2 Å². The van der Waals surface area contributed by atoms with Crippen molar-refractivity contribution < 1.29 is 32.2 Å². The van der Waals surface area contributed by atoms with Gasteiger partial charge in [-0.25, -0.2) is 23.1 Å². The zero-order valence-electron chi connectivity index (χ0n) is 34.1. The van der Waals surface area contributed by atoms with Crippen molar-refractivity contribution in [1.29, 1.82) is 0 Å². The number of ether oxygens (including phenoxy) is 2. The van der Waals surface area contributed by atoms with Crippen LogP contribution >= 0.6 is 13.5 Å². The van der Waals surface area contributed by atoms with E-state index in [0.717, 1.165) is 56.7 Å². The maximum Gasteiger partial charge on any atom is 0.226 e. The van der Waals surface area contributed by atoms with Crippen LogP contribution in [0, 0.1) is 13.8 Å². The third-order valence-corrected chi connectivity index (χ3v) is 11.2. The van der Waals surface area contributed by atoms with Gasteiger partial charge in [0.25, 0.3) is 0 Å². The lowest BCUT2D eigenvalue weighted by molar-refractivity contribution is 0.299. The zero-order chi connectivity index (χ0) is 40.2. The average Bonchev–Trinajstić information content (AvgIpc) is 3.77. The molecule has 310 valence electrons. The van der Waals surface area contributed by atoms with Crippen LogP contribution in [0.5, 0.6) is 11.5 Å². The zero-order valence-corrected chi connectivity index (χ0v) is 36.8. The Hall–Kier alpha value is -4.86. The van der Waals surface area contributed by atoms with Crippen molar-refractivity contribution in [3.63, 3.8) is 0 Å². The Morgan fingerprint density at radius 1 is 0.707 bits per heavy atom. The summed E-state index contributed by atoms with van der Waals surface area (Å²) in [5.41, 5.74) is 5.37. The molecule has 6 aromatic rings. The monoisotopic (exact) mass is 846 g/mol. The van der Waals surface area contributed by atoms with Gasteiger partial charge in [-0.3, -0.25) is 0 Å². The van der Waals surface area contributed by atoms with Gasteiger partial charge in [0.1, 0.15) is 58.6 Å². The number of rotatable bonds is 14. The summed E-state index contributed by atoms with van der Waals surface area (Å²) in [6.45, 7) is 16.0. The standard InChI is InChI=1S/C22H24N2O3S.C22H26N2O3S.H2O.H2S/c1-16-20(24-21(27-16)18-8-6-5-7-9-18)15-26-19-12-10-17(11-13-19)14-23-28(25)22(2,3)4;1-15(2)28(25)24-16(3)18-10-12-20(13-11-18)26-14-21-17(4)27-22(23-21)19-8-6-5-7-9-19;;/h5-14H,15H2,1-4H3;5-13,15-16,24H,14H2,1-4H3;2*1H2/t28-;16-,28+;;/m10../s1. The van der Waals surface area contributed by atoms with Crippen LogP contribution in [-0.4, -0.2) is 40.1 Å². The molecule has 3 N–H and O–H groups in total. The molecule has 14 heteroatoms. The first-order chi connectivity index (χ1) is 26.8. The van der Waals surface area contributed by atoms with Gasteiger partial charge in [-0.2, -0.15) is 17.9 Å². The van der Waals surface area contributed by atoms with Crippen molar-refractivity contribution in [2.45, 2.75) is 84.6 Å². The number of nitrogens with zero attached hydrogens (tertiary/aromatic N) is 3. The predicted octanol–water partition coefficient (Wildman–Crippen LogP) is 9.35. The predicted molar refractivity (Wildman–Crippen MR) is 239 cm³/mol. The van der Waals surface area contributed by atoms with Crippen LogP contribution in [0.15, 0.2) is 122 Å². The van der Waals surface area contributed by atoms with Gasteiger partial charge in [0, 0.05) is 28.6 Å². The van der Waals surface area contributed by atoms with Crippen molar-refractivity contribution in [3.05, 3.63) is 143 Å². The van der Waals surface area contributed by atoms with Crippen molar-refractivity contribution in [2.75, 3.05) is 0 Å². The highest BCUT2D eigenvalue weighted by Crippen LogP contribution is 2.25. The normalized spacial score (nSPS) is 12.8. The Labute approximate surface area is 353 Å². The van der Waals surface area contributed by atoms with Crippen LogP contribution in [0.2, 0.25) is 0 Å². The minimum Gasteiger partial charge on any atom is -0.487 e. The molecule has 0 saturated carbocycles. The summed E-state index contributed by atoms with van der Waals surface area (Å²) >= 11 is 0. The van der Waals surface area contributed by atoms with E-state index in [1.807, 2.05) is 165 Å². The van der Waals surface area contributed by atoms with E-state index >= 15 is 0 Å². The molecule has 0 radical (unpaired) electrons. The summed E-state index contributed by atoms with van der Waals surface area (Å²) < 4.78 is 54.0. The Morgan fingerprint density at radius 2 is 1.14 bits per heavy atom. The Bertz CT molecular complexity index is 2220. The summed E-state index contributed by atoms with van der Waals surface area (Å²) in [7, 11) is -2.32.